The van der Waals surface area contributed by atoms with E-state index in [1.165, 1.54) is 10.8 Å². The van der Waals surface area contributed by atoms with Crippen molar-refractivity contribution >= 4 is 22.7 Å². The van der Waals surface area contributed by atoms with E-state index < -0.39 is 0 Å². The van der Waals surface area contributed by atoms with Crippen LogP contribution in [0.2, 0.25) is 0 Å². The summed E-state index contributed by atoms with van der Waals surface area (Å²) in [6.07, 6.45) is 3.73. The highest BCUT2D eigenvalue weighted by Gasteiger charge is 2.16. The minimum absolute atomic E-state index is 0.749. The maximum Gasteiger partial charge on any atom is 0.241 e. The molecule has 0 spiro atoms. The topological polar surface area (TPSA) is 29.9 Å². The summed E-state index contributed by atoms with van der Waals surface area (Å²) in [4.78, 5) is 0. The maximum atomic E-state index is 6.15. The highest BCUT2D eigenvalue weighted by molar-refractivity contribution is 5.97. The van der Waals surface area contributed by atoms with Crippen molar-refractivity contribution in [3.8, 4) is 11.3 Å². The molecule has 92 valence electrons. The monoisotopic (exact) mass is 247 g/mol. The Balaban J connectivity index is 2.40. The molecule has 0 aliphatic heterocycles. The van der Waals surface area contributed by atoms with E-state index in [0.29, 0.717) is 0 Å². The summed E-state index contributed by atoms with van der Waals surface area (Å²) < 4.78 is 1.96. The Hall–Kier alpha value is -2.61. The van der Waals surface area contributed by atoms with E-state index in [2.05, 4.69) is 36.9 Å². The van der Waals surface area contributed by atoms with Gasteiger partial charge >= 0.3 is 0 Å². The van der Waals surface area contributed by atoms with Crippen LogP contribution in [0, 0.1) is 0 Å². The Morgan fingerprint density at radius 3 is 2.58 bits per heavy atom. The van der Waals surface area contributed by atoms with Crippen LogP contribution in [0.25, 0.3) is 28.2 Å². The molecule has 1 aromatic heterocycles. The van der Waals surface area contributed by atoms with Gasteiger partial charge in [-0.1, -0.05) is 36.4 Å². The number of fused-ring (bicyclic) bond motifs is 1. The van der Waals surface area contributed by atoms with Gasteiger partial charge in [-0.25, -0.2) is 0 Å². The molecule has 3 aromatic rings. The molecule has 0 amide bonds. The Morgan fingerprint density at radius 2 is 1.74 bits per heavy atom. The zero-order valence-corrected chi connectivity index (χ0v) is 10.6. The second-order valence-electron chi connectivity index (χ2n) is 4.43. The van der Waals surface area contributed by atoms with Crippen molar-refractivity contribution in [2.75, 3.05) is 5.73 Å². The number of aromatic nitrogens is 1. The lowest BCUT2D eigenvalue weighted by molar-refractivity contribution is -0.555. The second-order valence-corrected chi connectivity index (χ2v) is 4.43. The predicted molar refractivity (Wildman–Crippen MR) is 80.4 cm³/mol. The molecule has 0 saturated heterocycles. The molecule has 1 heterocycles. The van der Waals surface area contributed by atoms with Crippen LogP contribution in [-0.4, -0.2) is 0 Å². The molecule has 0 atom stereocenters. The quantitative estimate of drug-likeness (QED) is 0.690. The van der Waals surface area contributed by atoms with Crippen molar-refractivity contribution in [1.82, 2.24) is 0 Å². The van der Waals surface area contributed by atoms with Crippen molar-refractivity contribution in [3.63, 3.8) is 0 Å². The summed E-state index contributed by atoms with van der Waals surface area (Å²) >= 11 is 0. The lowest BCUT2D eigenvalue weighted by atomic mass is 10.0. The molecule has 0 radical (unpaired) electrons. The van der Waals surface area contributed by atoms with E-state index >= 15 is 0 Å². The van der Waals surface area contributed by atoms with Crippen molar-refractivity contribution in [2.45, 2.75) is 0 Å². The van der Waals surface area contributed by atoms with Crippen LogP contribution in [0.3, 0.4) is 0 Å². The molecule has 2 N–H and O–H groups in total. The smallest absolute Gasteiger partial charge is 0.241 e. The first-order valence-corrected chi connectivity index (χ1v) is 6.21. The van der Waals surface area contributed by atoms with Crippen LogP contribution in [0.5, 0.6) is 0 Å². The number of nitrogen functional groups attached to an aromatic ring is 1. The van der Waals surface area contributed by atoms with Gasteiger partial charge in [-0.15, -0.1) is 0 Å². The van der Waals surface area contributed by atoms with Crippen molar-refractivity contribution in [1.29, 1.82) is 0 Å². The van der Waals surface area contributed by atoms with Gasteiger partial charge in [-0.3, -0.25) is 0 Å². The van der Waals surface area contributed by atoms with Gasteiger partial charge in [0.25, 0.3) is 0 Å². The first-order valence-electron chi connectivity index (χ1n) is 6.21. The van der Waals surface area contributed by atoms with Gasteiger partial charge in [-0.2, -0.15) is 4.57 Å². The fourth-order valence-corrected chi connectivity index (χ4v) is 2.42. The highest BCUT2D eigenvalue weighted by atomic mass is 14.9. The van der Waals surface area contributed by atoms with E-state index in [1.54, 1.807) is 6.20 Å². The summed E-state index contributed by atoms with van der Waals surface area (Å²) in [6, 6.07) is 18.4. The number of anilines is 1. The predicted octanol–water partition coefficient (Wildman–Crippen LogP) is 3.48. The van der Waals surface area contributed by atoms with Crippen LogP contribution in [-0.2, 0) is 0 Å². The Bertz CT molecular complexity index is 755. The third kappa shape index (κ3) is 1.87. The number of pyridine rings is 1. The molecule has 2 nitrogen and oxygen atoms in total. The normalized spacial score (nSPS) is 10.5. The lowest BCUT2D eigenvalue weighted by Gasteiger charge is -2.07. The van der Waals surface area contributed by atoms with E-state index in [9.17, 15) is 0 Å². The number of nitrogens with zero attached hydrogens (tertiary/aromatic N) is 1. The molecular formula is C17H15N2+. The molecule has 0 bridgehead atoms. The average Bonchev–Trinajstić information content (AvgIpc) is 2.46. The van der Waals surface area contributed by atoms with Crippen LogP contribution in [0.1, 0.15) is 0 Å². The number of benzene rings is 2. The molecule has 0 saturated carbocycles. The fraction of sp³-hybridized carbons (Fsp3) is 0. The average molecular weight is 247 g/mol. The zero-order chi connectivity index (χ0) is 13.2. The summed E-state index contributed by atoms with van der Waals surface area (Å²) in [5, 5.41) is 2.40. The van der Waals surface area contributed by atoms with Gasteiger partial charge in [0.2, 0.25) is 5.69 Å². The van der Waals surface area contributed by atoms with Crippen molar-refractivity contribution < 1.29 is 4.57 Å². The van der Waals surface area contributed by atoms with E-state index in [1.807, 2.05) is 35.0 Å². The van der Waals surface area contributed by atoms with Gasteiger partial charge in [0.1, 0.15) is 5.69 Å². The van der Waals surface area contributed by atoms with Crippen molar-refractivity contribution in [2.24, 2.45) is 0 Å². The van der Waals surface area contributed by atoms with E-state index in [-0.39, 0.29) is 0 Å². The molecule has 0 unspecified atom stereocenters. The molecule has 3 rings (SSSR count). The number of rotatable bonds is 2. The van der Waals surface area contributed by atoms with Crippen LogP contribution in [0.15, 0.2) is 67.4 Å². The van der Waals surface area contributed by atoms with Gasteiger partial charge in [-0.05, 0) is 29.5 Å². The first kappa shape index (κ1) is 11.5. The number of hydrogen-bond acceptors (Lipinski definition) is 1. The van der Waals surface area contributed by atoms with Gasteiger partial charge in [0, 0.05) is 6.07 Å². The number of hydrogen-bond donors (Lipinski definition) is 1. The van der Waals surface area contributed by atoms with Crippen molar-refractivity contribution in [3.05, 3.63) is 67.4 Å². The molecule has 0 fully saturated rings. The third-order valence-electron chi connectivity index (χ3n) is 3.30. The SMILES string of the molecule is C=C[n+]1cccc(N)c1-c1cccc2ccccc12. The van der Waals surface area contributed by atoms with Crippen LogP contribution >= 0.6 is 0 Å². The number of nitrogens with two attached hydrogens (primary N) is 1. The Labute approximate surface area is 112 Å². The fourth-order valence-electron chi connectivity index (χ4n) is 2.42. The minimum Gasteiger partial charge on any atom is -0.393 e. The van der Waals surface area contributed by atoms with E-state index in [0.717, 1.165) is 16.9 Å². The lowest BCUT2D eigenvalue weighted by Crippen LogP contribution is -2.29. The summed E-state index contributed by atoms with van der Waals surface area (Å²) in [5.74, 6) is 0. The standard InChI is InChI=1S/C17H15N2/c1-2-19-12-6-11-16(18)17(19)15-10-5-8-13-7-3-4-9-14(13)15/h2-12H,1,18H2/q+1. The van der Waals surface area contributed by atoms with Gasteiger partial charge in [0.05, 0.1) is 5.56 Å². The summed E-state index contributed by atoms with van der Waals surface area (Å²) in [7, 11) is 0. The molecule has 0 aliphatic carbocycles. The first-order chi connectivity index (χ1) is 9.31. The van der Waals surface area contributed by atoms with Crippen LogP contribution < -0.4 is 10.3 Å². The van der Waals surface area contributed by atoms with E-state index in [4.69, 9.17) is 5.73 Å². The molecule has 0 aliphatic rings. The third-order valence-corrected chi connectivity index (χ3v) is 3.30. The summed E-state index contributed by atoms with van der Waals surface area (Å²) in [6.45, 7) is 3.85. The molecule has 2 aromatic carbocycles. The Kier molecular flexibility index (Phi) is 2.76. The minimum atomic E-state index is 0.749. The molecule has 19 heavy (non-hydrogen) atoms. The maximum absolute atomic E-state index is 6.15. The Morgan fingerprint density at radius 1 is 0.947 bits per heavy atom. The van der Waals surface area contributed by atoms with Gasteiger partial charge < -0.3 is 5.73 Å². The van der Waals surface area contributed by atoms with Gasteiger partial charge in [0.15, 0.2) is 12.4 Å². The summed E-state index contributed by atoms with van der Waals surface area (Å²) in [5.41, 5.74) is 9.00. The highest BCUT2D eigenvalue weighted by Crippen LogP contribution is 2.29. The largest absolute Gasteiger partial charge is 0.393 e. The second kappa shape index (κ2) is 4.58. The molecule has 2 heteroatoms. The molecular weight excluding hydrogens is 232 g/mol. The van der Waals surface area contributed by atoms with Crippen LogP contribution in [0.4, 0.5) is 5.69 Å². The zero-order valence-electron chi connectivity index (χ0n) is 10.6.